The number of amides is 2. The van der Waals surface area contributed by atoms with E-state index in [0.29, 0.717) is 0 Å². The summed E-state index contributed by atoms with van der Waals surface area (Å²) in [6.45, 7) is 6.61. The molecule has 1 unspecified atom stereocenters. The molecule has 26 heavy (non-hydrogen) atoms. The molecule has 2 rings (SSSR count). The van der Waals surface area contributed by atoms with Gasteiger partial charge in [0.25, 0.3) is 5.91 Å². The molecular weight excluding hydrogens is 328 g/mol. The maximum atomic E-state index is 12.3. The first kappa shape index (κ1) is 19.8. The lowest BCUT2D eigenvalue weighted by atomic mass is 9.94. The smallest absolute Gasteiger partial charge is 0.286 e. The number of hydrogen-bond donors (Lipinski definition) is 2. The molecule has 1 aromatic carbocycles. The molecule has 1 heterocycles. The van der Waals surface area contributed by atoms with E-state index in [2.05, 4.69) is 55.7 Å². The fourth-order valence-corrected chi connectivity index (χ4v) is 2.85. The summed E-state index contributed by atoms with van der Waals surface area (Å²) in [5.41, 5.74) is 2.42. The first-order valence-corrected chi connectivity index (χ1v) is 9.21. The zero-order chi connectivity index (χ0) is 18.9. The average molecular weight is 356 g/mol. The molecule has 0 saturated heterocycles. The zero-order valence-electron chi connectivity index (χ0n) is 15.7. The third-order valence-electron chi connectivity index (χ3n) is 4.24. The minimum Gasteiger partial charge on any atom is -0.459 e. The zero-order valence-corrected chi connectivity index (χ0v) is 15.7. The summed E-state index contributed by atoms with van der Waals surface area (Å²) in [6, 6.07) is 11.6. The number of benzene rings is 1. The van der Waals surface area contributed by atoms with E-state index in [1.165, 1.54) is 11.8 Å². The van der Waals surface area contributed by atoms with Crippen LogP contribution in [0.2, 0.25) is 0 Å². The van der Waals surface area contributed by atoms with Crippen LogP contribution in [0.1, 0.15) is 61.3 Å². The monoisotopic (exact) mass is 356 g/mol. The molecule has 0 aliphatic carbocycles. The van der Waals surface area contributed by atoms with Crippen LogP contribution in [0.3, 0.4) is 0 Å². The molecule has 0 aliphatic rings. The van der Waals surface area contributed by atoms with Crippen molar-refractivity contribution in [3.63, 3.8) is 0 Å². The van der Waals surface area contributed by atoms with Crippen molar-refractivity contribution in [3.05, 3.63) is 59.5 Å². The average Bonchev–Trinajstić information content (AvgIpc) is 3.15. The Labute approximate surface area is 155 Å². The second kappa shape index (κ2) is 9.80. The summed E-state index contributed by atoms with van der Waals surface area (Å²) in [6.07, 6.45) is 3.85. The molecule has 1 aromatic heterocycles. The maximum absolute atomic E-state index is 12.3. The van der Waals surface area contributed by atoms with Gasteiger partial charge in [0, 0.05) is 13.0 Å². The van der Waals surface area contributed by atoms with E-state index in [1.807, 2.05) is 0 Å². The number of carbonyl (C=O) groups excluding carboxylic acids is 2. The summed E-state index contributed by atoms with van der Waals surface area (Å²) in [5.74, 6) is 0.127. The lowest BCUT2D eigenvalue weighted by Crippen LogP contribution is -2.34. The Kier molecular flexibility index (Phi) is 7.45. The number of carbonyl (C=O) groups is 2. The van der Waals surface area contributed by atoms with E-state index < -0.39 is 0 Å². The van der Waals surface area contributed by atoms with Crippen LogP contribution in [0.25, 0.3) is 0 Å². The van der Waals surface area contributed by atoms with Crippen molar-refractivity contribution in [2.75, 3.05) is 6.54 Å². The van der Waals surface area contributed by atoms with Crippen LogP contribution in [0.15, 0.2) is 47.1 Å². The van der Waals surface area contributed by atoms with Crippen LogP contribution in [-0.4, -0.2) is 18.4 Å². The number of aryl methyl sites for hydroxylation is 1. The summed E-state index contributed by atoms with van der Waals surface area (Å²) < 4.78 is 5.02. The van der Waals surface area contributed by atoms with E-state index in [0.717, 1.165) is 18.4 Å². The van der Waals surface area contributed by atoms with E-state index in [-0.39, 0.29) is 42.5 Å². The molecule has 1 atom stereocenters. The minimum atomic E-state index is -0.310. The quantitative estimate of drug-likeness (QED) is 0.716. The largest absolute Gasteiger partial charge is 0.459 e. The topological polar surface area (TPSA) is 71.3 Å². The normalized spacial score (nSPS) is 12.0. The number of nitrogens with one attached hydrogen (secondary N) is 2. The van der Waals surface area contributed by atoms with Crippen LogP contribution in [-0.2, 0) is 11.2 Å². The number of rotatable bonds is 9. The van der Waals surface area contributed by atoms with Crippen LogP contribution >= 0.6 is 0 Å². The molecule has 2 N–H and O–H groups in total. The van der Waals surface area contributed by atoms with Gasteiger partial charge in [0.2, 0.25) is 5.91 Å². The van der Waals surface area contributed by atoms with Crippen molar-refractivity contribution in [1.82, 2.24) is 10.6 Å². The second-order valence-electron chi connectivity index (χ2n) is 6.76. The molecule has 2 amide bonds. The van der Waals surface area contributed by atoms with Gasteiger partial charge in [0.05, 0.1) is 12.3 Å². The molecule has 5 heteroatoms. The molecule has 0 aliphatic heterocycles. The molecule has 0 fully saturated rings. The van der Waals surface area contributed by atoms with Gasteiger partial charge in [-0.3, -0.25) is 9.59 Å². The Bertz CT molecular complexity index is 691. The summed E-state index contributed by atoms with van der Waals surface area (Å²) in [4.78, 5) is 24.1. The lowest BCUT2D eigenvalue weighted by molar-refractivity contribution is -0.122. The van der Waals surface area contributed by atoms with E-state index in [4.69, 9.17) is 4.42 Å². The third kappa shape index (κ3) is 5.76. The summed E-state index contributed by atoms with van der Waals surface area (Å²) >= 11 is 0. The maximum Gasteiger partial charge on any atom is 0.286 e. The van der Waals surface area contributed by atoms with Crippen molar-refractivity contribution in [2.45, 2.75) is 46.1 Å². The van der Waals surface area contributed by atoms with E-state index in [1.54, 1.807) is 12.1 Å². The summed E-state index contributed by atoms with van der Waals surface area (Å²) in [5, 5.41) is 5.77. The van der Waals surface area contributed by atoms with Crippen molar-refractivity contribution in [2.24, 2.45) is 5.92 Å². The highest BCUT2D eigenvalue weighted by Crippen LogP contribution is 2.22. The van der Waals surface area contributed by atoms with E-state index >= 15 is 0 Å². The lowest BCUT2D eigenvalue weighted by Gasteiger charge is -2.23. The van der Waals surface area contributed by atoms with Crippen LogP contribution in [0, 0.1) is 5.92 Å². The highest BCUT2D eigenvalue weighted by molar-refractivity contribution is 5.91. The number of hydrogen-bond acceptors (Lipinski definition) is 3. The Hall–Kier alpha value is -2.56. The number of furan rings is 1. The van der Waals surface area contributed by atoms with Gasteiger partial charge in [-0.15, -0.1) is 0 Å². The summed E-state index contributed by atoms with van der Waals surface area (Å²) in [7, 11) is 0. The van der Waals surface area contributed by atoms with Crippen molar-refractivity contribution in [3.8, 4) is 0 Å². The molecule has 0 bridgehead atoms. The van der Waals surface area contributed by atoms with Gasteiger partial charge < -0.3 is 15.1 Å². The van der Waals surface area contributed by atoms with Crippen molar-refractivity contribution in [1.29, 1.82) is 0 Å². The second-order valence-corrected chi connectivity index (χ2v) is 6.76. The van der Waals surface area contributed by atoms with Crippen LogP contribution in [0.4, 0.5) is 0 Å². The predicted molar refractivity (Wildman–Crippen MR) is 102 cm³/mol. The standard InChI is InChI=1S/C21H28N2O3/c1-4-6-16-8-10-17(11-9-16)20(15(2)3)23-19(24)12-13-22-21(25)18-7-5-14-26-18/h5,7-11,14-15,20H,4,6,12-13H2,1-3H3,(H,22,25)(H,23,24). The van der Waals surface area contributed by atoms with Gasteiger partial charge >= 0.3 is 0 Å². The minimum absolute atomic E-state index is 0.0426. The predicted octanol–water partition coefficient (Wildman–Crippen LogP) is 3.87. The van der Waals surface area contributed by atoms with Gasteiger partial charge in [-0.25, -0.2) is 0 Å². The third-order valence-corrected chi connectivity index (χ3v) is 4.24. The van der Waals surface area contributed by atoms with E-state index in [9.17, 15) is 9.59 Å². The van der Waals surface area contributed by atoms with Crippen molar-refractivity contribution >= 4 is 11.8 Å². The van der Waals surface area contributed by atoms with Crippen LogP contribution in [0.5, 0.6) is 0 Å². The van der Waals surface area contributed by atoms with Gasteiger partial charge in [0.1, 0.15) is 0 Å². The molecule has 140 valence electrons. The molecule has 0 radical (unpaired) electrons. The van der Waals surface area contributed by atoms with Gasteiger partial charge in [-0.1, -0.05) is 51.5 Å². The Morgan fingerprint density at radius 1 is 1.12 bits per heavy atom. The Morgan fingerprint density at radius 2 is 1.85 bits per heavy atom. The van der Waals surface area contributed by atoms with Crippen LogP contribution < -0.4 is 10.6 Å². The van der Waals surface area contributed by atoms with Gasteiger partial charge in [0.15, 0.2) is 5.76 Å². The molecule has 0 spiro atoms. The van der Waals surface area contributed by atoms with Gasteiger partial charge in [-0.2, -0.15) is 0 Å². The van der Waals surface area contributed by atoms with Crippen molar-refractivity contribution < 1.29 is 14.0 Å². The highest BCUT2D eigenvalue weighted by atomic mass is 16.3. The fraction of sp³-hybridized carbons (Fsp3) is 0.429. The molecule has 0 saturated carbocycles. The molecule has 5 nitrogen and oxygen atoms in total. The fourth-order valence-electron chi connectivity index (χ4n) is 2.85. The highest BCUT2D eigenvalue weighted by Gasteiger charge is 2.18. The molecular formula is C21H28N2O3. The molecule has 2 aromatic rings. The SMILES string of the molecule is CCCc1ccc(C(NC(=O)CCNC(=O)c2ccco2)C(C)C)cc1. The Balaban J connectivity index is 1.86. The first-order chi connectivity index (χ1) is 12.5. The first-order valence-electron chi connectivity index (χ1n) is 9.21. The Morgan fingerprint density at radius 3 is 2.42 bits per heavy atom. The van der Waals surface area contributed by atoms with Gasteiger partial charge in [-0.05, 0) is 35.6 Å².